The van der Waals surface area contributed by atoms with E-state index in [-0.39, 0.29) is 5.91 Å². The van der Waals surface area contributed by atoms with Gasteiger partial charge in [0.05, 0.1) is 16.4 Å². The van der Waals surface area contributed by atoms with Gasteiger partial charge in [0, 0.05) is 4.88 Å². The minimum Gasteiger partial charge on any atom is -0.350 e. The highest BCUT2D eigenvalue weighted by molar-refractivity contribution is 9.11. The fourth-order valence-corrected chi connectivity index (χ4v) is 2.46. The minimum atomic E-state index is -0.495. The average molecular weight is 289 g/mol. The van der Waals surface area contributed by atoms with Gasteiger partial charge in [0.1, 0.15) is 0 Å². The van der Waals surface area contributed by atoms with Crippen LogP contribution in [0.1, 0.15) is 11.3 Å². The first-order valence-electron chi connectivity index (χ1n) is 4.52. The predicted molar refractivity (Wildman–Crippen MR) is 66.7 cm³/mol. The molecule has 5 heteroatoms. The lowest BCUT2D eigenvalue weighted by Crippen LogP contribution is -2.39. The topological polar surface area (TPSA) is 55.1 Å². The average Bonchev–Trinajstić information content (AvgIpc) is 2.61. The molecule has 0 radical (unpaired) electrons. The predicted octanol–water partition coefficient (Wildman–Crippen LogP) is 2.03. The molecule has 0 bridgehead atoms. The third-order valence-electron chi connectivity index (χ3n) is 1.82. The van der Waals surface area contributed by atoms with Gasteiger partial charge >= 0.3 is 0 Å². The largest absolute Gasteiger partial charge is 0.350 e. The summed E-state index contributed by atoms with van der Waals surface area (Å²) in [5, 5.41) is 2.77. The van der Waals surface area contributed by atoms with Crippen LogP contribution in [0.15, 0.2) is 28.6 Å². The number of carbonyl (C=O) groups excluding carboxylic acids is 1. The summed E-state index contributed by atoms with van der Waals surface area (Å²) in [7, 11) is 0. The Bertz CT molecular complexity index is 351. The van der Waals surface area contributed by atoms with Crippen molar-refractivity contribution in [3.8, 4) is 0 Å². The zero-order valence-electron chi connectivity index (χ0n) is 8.20. The van der Waals surface area contributed by atoms with Gasteiger partial charge in [0.15, 0.2) is 0 Å². The summed E-state index contributed by atoms with van der Waals surface area (Å²) in [6, 6.07) is 3.43. The van der Waals surface area contributed by atoms with Crippen LogP contribution in [-0.4, -0.2) is 11.9 Å². The van der Waals surface area contributed by atoms with E-state index in [2.05, 4.69) is 27.8 Å². The van der Waals surface area contributed by atoms with Crippen molar-refractivity contribution in [1.82, 2.24) is 5.32 Å². The summed E-state index contributed by atoms with van der Waals surface area (Å²) in [4.78, 5) is 12.5. The standard InChI is InChI=1S/C10H13BrN2OS/c1-2-3-8(12)10(14)13-6-7-4-5-9(11)15-7/h2,4-5,8H,1,3,6,12H2,(H,13,14). The molecule has 3 nitrogen and oxygen atoms in total. The number of nitrogens with two attached hydrogens (primary N) is 1. The Hall–Kier alpha value is -0.650. The molecule has 0 fully saturated rings. The first kappa shape index (κ1) is 12.4. The smallest absolute Gasteiger partial charge is 0.237 e. The highest BCUT2D eigenvalue weighted by Crippen LogP contribution is 2.21. The van der Waals surface area contributed by atoms with Gasteiger partial charge in [-0.25, -0.2) is 0 Å². The van der Waals surface area contributed by atoms with Crippen LogP contribution in [0.2, 0.25) is 0 Å². The van der Waals surface area contributed by atoms with Crippen molar-refractivity contribution < 1.29 is 4.79 Å². The van der Waals surface area contributed by atoms with E-state index in [9.17, 15) is 4.79 Å². The molecular weight excluding hydrogens is 276 g/mol. The lowest BCUT2D eigenvalue weighted by Gasteiger charge is -2.08. The molecule has 0 aliphatic carbocycles. The van der Waals surface area contributed by atoms with Gasteiger partial charge in [-0.1, -0.05) is 6.08 Å². The van der Waals surface area contributed by atoms with Crippen LogP contribution in [0.3, 0.4) is 0 Å². The first-order valence-corrected chi connectivity index (χ1v) is 6.13. The number of hydrogen-bond donors (Lipinski definition) is 2. The molecule has 1 amide bonds. The maximum atomic E-state index is 11.4. The van der Waals surface area contributed by atoms with Gasteiger partial charge < -0.3 is 11.1 Å². The van der Waals surface area contributed by atoms with Crippen molar-refractivity contribution in [2.45, 2.75) is 19.0 Å². The SMILES string of the molecule is C=CCC(N)C(=O)NCc1ccc(Br)s1. The number of carbonyl (C=O) groups is 1. The molecule has 0 aromatic carbocycles. The Morgan fingerprint density at radius 1 is 1.73 bits per heavy atom. The maximum Gasteiger partial charge on any atom is 0.237 e. The molecule has 1 unspecified atom stereocenters. The molecule has 15 heavy (non-hydrogen) atoms. The third-order valence-corrected chi connectivity index (χ3v) is 3.45. The highest BCUT2D eigenvalue weighted by Gasteiger charge is 2.10. The van der Waals surface area contributed by atoms with Crippen molar-refractivity contribution >= 4 is 33.2 Å². The van der Waals surface area contributed by atoms with Crippen molar-refractivity contribution in [3.05, 3.63) is 33.5 Å². The molecule has 1 heterocycles. The number of amides is 1. The lowest BCUT2D eigenvalue weighted by atomic mass is 10.2. The van der Waals surface area contributed by atoms with Crippen molar-refractivity contribution in [2.75, 3.05) is 0 Å². The van der Waals surface area contributed by atoms with Gasteiger partial charge in [0.2, 0.25) is 5.91 Å². The fraction of sp³-hybridized carbons (Fsp3) is 0.300. The van der Waals surface area contributed by atoms with Crippen molar-refractivity contribution in [1.29, 1.82) is 0 Å². The Balaban J connectivity index is 2.37. The summed E-state index contributed by atoms with van der Waals surface area (Å²) in [5.41, 5.74) is 5.61. The molecule has 0 saturated carbocycles. The van der Waals surface area contributed by atoms with Crippen LogP contribution in [0, 0.1) is 0 Å². The third kappa shape index (κ3) is 4.15. The minimum absolute atomic E-state index is 0.139. The molecule has 1 atom stereocenters. The summed E-state index contributed by atoms with van der Waals surface area (Å²) >= 11 is 4.96. The maximum absolute atomic E-state index is 11.4. The second kappa shape index (κ2) is 6.05. The van der Waals surface area contributed by atoms with E-state index in [0.29, 0.717) is 13.0 Å². The van der Waals surface area contributed by atoms with Crippen molar-refractivity contribution in [2.24, 2.45) is 5.73 Å². The summed E-state index contributed by atoms with van der Waals surface area (Å²) in [6.07, 6.45) is 2.14. The molecule has 1 rings (SSSR count). The van der Waals surface area contributed by atoms with E-state index in [1.54, 1.807) is 17.4 Å². The molecule has 1 aromatic heterocycles. The van der Waals surface area contributed by atoms with Gasteiger partial charge in [-0.15, -0.1) is 17.9 Å². The number of thiophene rings is 1. The van der Waals surface area contributed by atoms with Gasteiger partial charge in [-0.2, -0.15) is 0 Å². The number of hydrogen-bond acceptors (Lipinski definition) is 3. The molecule has 0 spiro atoms. The Labute approximate surface area is 101 Å². The van der Waals surface area contributed by atoms with Crippen LogP contribution in [0.5, 0.6) is 0 Å². The molecule has 1 aromatic rings. The Morgan fingerprint density at radius 3 is 3.00 bits per heavy atom. The Kier molecular flexibility index (Phi) is 5.01. The lowest BCUT2D eigenvalue weighted by molar-refractivity contribution is -0.122. The zero-order valence-corrected chi connectivity index (χ0v) is 10.6. The Morgan fingerprint density at radius 2 is 2.47 bits per heavy atom. The van der Waals surface area contributed by atoms with E-state index in [1.807, 2.05) is 12.1 Å². The van der Waals surface area contributed by atoms with Crippen LogP contribution in [0.4, 0.5) is 0 Å². The molecule has 0 saturated heterocycles. The summed E-state index contributed by atoms with van der Waals surface area (Å²) < 4.78 is 1.06. The second-order valence-electron chi connectivity index (χ2n) is 3.05. The highest BCUT2D eigenvalue weighted by atomic mass is 79.9. The van der Waals surface area contributed by atoms with Crippen molar-refractivity contribution in [3.63, 3.8) is 0 Å². The van der Waals surface area contributed by atoms with Crippen LogP contribution in [0.25, 0.3) is 0 Å². The fourth-order valence-electron chi connectivity index (χ4n) is 1.04. The molecule has 82 valence electrons. The van der Waals surface area contributed by atoms with E-state index >= 15 is 0 Å². The van der Waals surface area contributed by atoms with E-state index < -0.39 is 6.04 Å². The molecule has 0 aliphatic rings. The normalized spacial score (nSPS) is 12.1. The number of halogens is 1. The number of nitrogens with one attached hydrogen (secondary N) is 1. The second-order valence-corrected chi connectivity index (χ2v) is 5.60. The van der Waals surface area contributed by atoms with Gasteiger partial charge in [-0.05, 0) is 34.5 Å². The zero-order chi connectivity index (χ0) is 11.3. The summed E-state index contributed by atoms with van der Waals surface area (Å²) in [6.45, 7) is 4.07. The van der Waals surface area contributed by atoms with Crippen LogP contribution in [-0.2, 0) is 11.3 Å². The molecular formula is C10H13BrN2OS. The quantitative estimate of drug-likeness (QED) is 0.815. The van der Waals surface area contributed by atoms with E-state index in [4.69, 9.17) is 5.73 Å². The monoisotopic (exact) mass is 288 g/mol. The number of rotatable bonds is 5. The van der Waals surface area contributed by atoms with E-state index in [0.717, 1.165) is 8.66 Å². The van der Waals surface area contributed by atoms with Crippen LogP contribution < -0.4 is 11.1 Å². The summed E-state index contributed by atoms with van der Waals surface area (Å²) in [5.74, 6) is -0.139. The first-order chi connectivity index (χ1) is 7.13. The van der Waals surface area contributed by atoms with Crippen LogP contribution >= 0.6 is 27.3 Å². The van der Waals surface area contributed by atoms with Gasteiger partial charge in [-0.3, -0.25) is 4.79 Å². The molecule has 3 N–H and O–H groups in total. The van der Waals surface area contributed by atoms with Gasteiger partial charge in [0.25, 0.3) is 0 Å². The molecule has 0 aliphatic heterocycles. The van der Waals surface area contributed by atoms with E-state index in [1.165, 1.54) is 0 Å².